The van der Waals surface area contributed by atoms with Crippen molar-refractivity contribution < 1.29 is 9.59 Å². The van der Waals surface area contributed by atoms with E-state index in [2.05, 4.69) is 61.0 Å². The van der Waals surface area contributed by atoms with E-state index < -0.39 is 11.9 Å². The summed E-state index contributed by atoms with van der Waals surface area (Å²) in [4.78, 5) is 37.3. The van der Waals surface area contributed by atoms with Gasteiger partial charge in [0.25, 0.3) is 0 Å². The molecule has 2 aliphatic carbocycles. The van der Waals surface area contributed by atoms with Gasteiger partial charge >= 0.3 is 5.69 Å². The van der Waals surface area contributed by atoms with Gasteiger partial charge in [-0.1, -0.05) is 51.1 Å². The Bertz CT molecular complexity index is 1500. The number of piperidine rings is 1. The van der Waals surface area contributed by atoms with Gasteiger partial charge in [0, 0.05) is 32.6 Å². The van der Waals surface area contributed by atoms with Crippen LogP contribution in [0.4, 0.5) is 5.69 Å². The molecule has 3 aliphatic rings. The Kier molecular flexibility index (Phi) is 6.21. The van der Waals surface area contributed by atoms with Crippen LogP contribution in [-0.4, -0.2) is 27.0 Å². The number of aromatic nitrogens is 2. The van der Waals surface area contributed by atoms with Crippen molar-refractivity contribution in [2.24, 2.45) is 23.8 Å². The van der Waals surface area contributed by atoms with Crippen molar-refractivity contribution in [3.63, 3.8) is 0 Å². The number of hydrogen-bond donors (Lipinski definition) is 3. The summed E-state index contributed by atoms with van der Waals surface area (Å²) in [7, 11) is 1.72. The van der Waals surface area contributed by atoms with Crippen molar-refractivity contribution in [2.45, 2.75) is 78.0 Å². The SMILES string of the molecule is Cn1c(=O)n(C2CCC(=O)NC2=O)c2cccc(NCc3ccc(CN[C@H]4C[C@H]5CC[C@]4(C)C5(C)C)cc3)c21. The van der Waals surface area contributed by atoms with Gasteiger partial charge in [-0.2, -0.15) is 0 Å². The van der Waals surface area contributed by atoms with Gasteiger partial charge in [0.15, 0.2) is 0 Å². The zero-order valence-electron chi connectivity index (χ0n) is 23.3. The van der Waals surface area contributed by atoms with E-state index >= 15 is 0 Å². The first-order chi connectivity index (χ1) is 18.6. The normalized spacial score (nSPS) is 27.7. The van der Waals surface area contributed by atoms with Gasteiger partial charge in [0.05, 0.1) is 16.7 Å². The molecule has 1 saturated heterocycles. The van der Waals surface area contributed by atoms with Crippen molar-refractivity contribution in [1.29, 1.82) is 0 Å². The van der Waals surface area contributed by atoms with Crippen LogP contribution in [0.15, 0.2) is 47.3 Å². The van der Waals surface area contributed by atoms with Crippen LogP contribution < -0.4 is 21.6 Å². The molecule has 8 nitrogen and oxygen atoms in total. The minimum atomic E-state index is -0.691. The fraction of sp³-hybridized carbons (Fsp3) is 0.516. The lowest BCUT2D eigenvalue weighted by molar-refractivity contribution is -0.135. The molecule has 3 N–H and O–H groups in total. The van der Waals surface area contributed by atoms with Crippen LogP contribution in [0.2, 0.25) is 0 Å². The molecular formula is C31H39N5O3. The molecule has 3 fully saturated rings. The minimum Gasteiger partial charge on any atom is -0.379 e. The number of carbonyl (C=O) groups excluding carboxylic acids is 2. The third-order valence-corrected chi connectivity index (χ3v) is 10.5. The minimum absolute atomic E-state index is 0.223. The average molecular weight is 530 g/mol. The smallest absolute Gasteiger partial charge is 0.329 e. The predicted molar refractivity (Wildman–Crippen MR) is 152 cm³/mol. The molecule has 39 heavy (non-hydrogen) atoms. The van der Waals surface area contributed by atoms with E-state index in [4.69, 9.17) is 0 Å². The molecule has 3 aromatic rings. The van der Waals surface area contributed by atoms with E-state index in [1.807, 2.05) is 18.2 Å². The second kappa shape index (κ2) is 9.37. The highest BCUT2D eigenvalue weighted by atomic mass is 16.2. The fourth-order valence-electron chi connectivity index (χ4n) is 7.54. The van der Waals surface area contributed by atoms with E-state index in [9.17, 15) is 14.4 Å². The standard InChI is InChI=1S/C31H39N5O3/c1-30(2)21-14-15-31(30,3)25(16-21)33-18-20-10-8-19(9-11-20)17-32-22-6-5-7-23-27(22)35(4)29(39)36(23)24-12-13-26(37)34-28(24)38/h5-11,21,24-25,32-33H,12-18H2,1-4H3,(H,34,37,38)/t21-,24?,25+,31+/m1/s1. The Morgan fingerprint density at radius 1 is 0.974 bits per heavy atom. The van der Waals surface area contributed by atoms with Crippen molar-refractivity contribution in [3.8, 4) is 0 Å². The summed E-state index contributed by atoms with van der Waals surface area (Å²) in [6.45, 7) is 8.88. The maximum Gasteiger partial charge on any atom is 0.329 e. The second-order valence-electron chi connectivity index (χ2n) is 12.6. The molecule has 8 heteroatoms. The molecule has 2 bridgehead atoms. The van der Waals surface area contributed by atoms with E-state index in [1.165, 1.54) is 29.4 Å². The molecule has 6 rings (SSSR count). The number of imidazole rings is 1. The number of hydrogen-bond acceptors (Lipinski definition) is 5. The number of nitrogens with zero attached hydrogens (tertiary/aromatic N) is 2. The summed E-state index contributed by atoms with van der Waals surface area (Å²) < 4.78 is 3.09. The van der Waals surface area contributed by atoms with Crippen LogP contribution >= 0.6 is 0 Å². The summed E-state index contributed by atoms with van der Waals surface area (Å²) in [5.41, 5.74) is 5.22. The third kappa shape index (κ3) is 4.11. The van der Waals surface area contributed by atoms with E-state index in [0.29, 0.717) is 35.4 Å². The molecule has 4 atom stereocenters. The Hall–Kier alpha value is -3.39. The maximum atomic E-state index is 13.2. The lowest BCUT2D eigenvalue weighted by atomic mass is 9.69. The summed E-state index contributed by atoms with van der Waals surface area (Å²) in [6.07, 6.45) is 4.52. The number of imide groups is 1. The molecule has 1 unspecified atom stereocenters. The second-order valence-corrected chi connectivity index (χ2v) is 12.6. The van der Waals surface area contributed by atoms with Gasteiger partial charge < -0.3 is 10.6 Å². The highest BCUT2D eigenvalue weighted by molar-refractivity contribution is 6.00. The molecule has 2 amide bonds. The first-order valence-corrected chi connectivity index (χ1v) is 14.2. The highest BCUT2D eigenvalue weighted by Crippen LogP contribution is 2.65. The first kappa shape index (κ1) is 25.9. The van der Waals surface area contributed by atoms with Crippen LogP contribution in [0.5, 0.6) is 0 Å². The average Bonchev–Trinajstić information content (AvgIpc) is 3.38. The molecule has 2 heterocycles. The van der Waals surface area contributed by atoms with Crippen LogP contribution in [0.1, 0.15) is 70.0 Å². The zero-order chi connectivity index (χ0) is 27.5. The Labute approximate surface area is 229 Å². The lowest BCUT2D eigenvalue weighted by Gasteiger charge is -2.39. The predicted octanol–water partition coefficient (Wildman–Crippen LogP) is 4.23. The van der Waals surface area contributed by atoms with Crippen molar-refractivity contribution in [2.75, 3.05) is 5.32 Å². The molecule has 0 spiro atoms. The highest BCUT2D eigenvalue weighted by Gasteiger charge is 2.60. The number of anilines is 1. The number of benzene rings is 2. The largest absolute Gasteiger partial charge is 0.379 e. The van der Waals surface area contributed by atoms with Crippen LogP contribution in [0.25, 0.3) is 11.0 Å². The van der Waals surface area contributed by atoms with Gasteiger partial charge in [0.2, 0.25) is 11.8 Å². The molecular weight excluding hydrogens is 490 g/mol. The number of amides is 2. The van der Waals surface area contributed by atoms with Gasteiger partial charge in [-0.3, -0.25) is 24.0 Å². The van der Waals surface area contributed by atoms with E-state index in [1.54, 1.807) is 11.6 Å². The van der Waals surface area contributed by atoms with Gasteiger partial charge in [-0.25, -0.2) is 4.79 Å². The Morgan fingerprint density at radius 2 is 1.69 bits per heavy atom. The number of aryl methyl sites for hydroxylation is 1. The molecule has 1 aliphatic heterocycles. The first-order valence-electron chi connectivity index (χ1n) is 14.2. The zero-order valence-corrected chi connectivity index (χ0v) is 23.3. The van der Waals surface area contributed by atoms with Gasteiger partial charge in [-0.05, 0) is 65.7 Å². The molecule has 2 aromatic carbocycles. The number of rotatable bonds is 7. The van der Waals surface area contributed by atoms with Crippen molar-refractivity contribution >= 4 is 28.5 Å². The number of para-hydroxylation sites is 1. The summed E-state index contributed by atoms with van der Waals surface area (Å²) in [6, 6.07) is 14.3. The van der Waals surface area contributed by atoms with Crippen molar-refractivity contribution in [1.82, 2.24) is 19.8 Å². The lowest BCUT2D eigenvalue weighted by Crippen LogP contribution is -2.44. The van der Waals surface area contributed by atoms with Crippen LogP contribution in [0, 0.1) is 16.7 Å². The van der Waals surface area contributed by atoms with Crippen LogP contribution in [0.3, 0.4) is 0 Å². The van der Waals surface area contributed by atoms with Gasteiger partial charge in [-0.15, -0.1) is 0 Å². The summed E-state index contributed by atoms with van der Waals surface area (Å²) in [5.74, 6) is 0.114. The Balaban J connectivity index is 1.14. The van der Waals surface area contributed by atoms with Crippen molar-refractivity contribution in [3.05, 3.63) is 64.1 Å². The summed E-state index contributed by atoms with van der Waals surface area (Å²) in [5, 5.41) is 9.73. The number of nitrogens with one attached hydrogen (secondary N) is 3. The monoisotopic (exact) mass is 529 g/mol. The topological polar surface area (TPSA) is 97.2 Å². The molecule has 0 radical (unpaired) electrons. The van der Waals surface area contributed by atoms with E-state index in [0.717, 1.165) is 29.2 Å². The van der Waals surface area contributed by atoms with Crippen LogP contribution in [-0.2, 0) is 29.7 Å². The molecule has 2 saturated carbocycles. The summed E-state index contributed by atoms with van der Waals surface area (Å²) >= 11 is 0. The number of carbonyl (C=O) groups is 2. The Morgan fingerprint density at radius 3 is 2.33 bits per heavy atom. The van der Waals surface area contributed by atoms with Gasteiger partial charge in [0.1, 0.15) is 6.04 Å². The number of fused-ring (bicyclic) bond motifs is 3. The fourth-order valence-corrected chi connectivity index (χ4v) is 7.54. The third-order valence-electron chi connectivity index (χ3n) is 10.5. The molecule has 206 valence electrons. The quantitative estimate of drug-likeness (QED) is 0.398. The maximum absolute atomic E-state index is 13.2. The van der Waals surface area contributed by atoms with E-state index in [-0.39, 0.29) is 18.0 Å². The molecule has 1 aromatic heterocycles.